The van der Waals surface area contributed by atoms with Crippen molar-refractivity contribution in [3.05, 3.63) is 41.4 Å². The maximum Gasteiger partial charge on any atom is 0.494 e. The lowest BCUT2D eigenvalue weighted by atomic mass is 9.78. The Bertz CT molecular complexity index is 705. The number of hydrogen-bond donors (Lipinski definition) is 0. The highest BCUT2D eigenvalue weighted by Crippen LogP contribution is 2.37. The molecule has 2 fully saturated rings. The van der Waals surface area contributed by atoms with Crippen LogP contribution in [0.1, 0.15) is 39.3 Å². The van der Waals surface area contributed by atoms with Gasteiger partial charge < -0.3 is 18.9 Å². The van der Waals surface area contributed by atoms with Gasteiger partial charge in [0.15, 0.2) is 0 Å². The van der Waals surface area contributed by atoms with E-state index in [0.717, 1.165) is 11.0 Å². The van der Waals surface area contributed by atoms with Crippen molar-refractivity contribution in [2.75, 3.05) is 19.8 Å². The largest absolute Gasteiger partial charge is 0.494 e. The van der Waals surface area contributed by atoms with Crippen LogP contribution in [-0.2, 0) is 18.8 Å². The molecule has 2 saturated heterocycles. The maximum atomic E-state index is 12.2. The fraction of sp³-hybridized carbons (Fsp3) is 0.526. The van der Waals surface area contributed by atoms with E-state index in [1.165, 1.54) is 6.08 Å². The van der Waals surface area contributed by atoms with Gasteiger partial charge in [0.25, 0.3) is 0 Å². The van der Waals surface area contributed by atoms with Crippen LogP contribution < -0.4 is 5.46 Å². The van der Waals surface area contributed by atoms with E-state index >= 15 is 0 Å². The molecule has 5 nitrogen and oxygen atoms in total. The Morgan fingerprint density at radius 2 is 1.92 bits per heavy atom. The van der Waals surface area contributed by atoms with E-state index in [2.05, 4.69) is 6.58 Å². The summed E-state index contributed by atoms with van der Waals surface area (Å²) in [5.41, 5.74) is 0.873. The van der Waals surface area contributed by atoms with Crippen molar-refractivity contribution in [1.29, 1.82) is 0 Å². The second-order valence-corrected chi connectivity index (χ2v) is 8.17. The molecule has 0 aliphatic carbocycles. The van der Waals surface area contributed by atoms with Crippen LogP contribution in [0.4, 0.5) is 0 Å². The number of benzene rings is 1. The highest BCUT2D eigenvalue weighted by atomic mass is 35.5. The standard InChI is InChI=1S/C19H25BClNO4/c1-6-17(23)22-7-8-24-12-16(22)13-9-14(11-15(21)10-13)20-25-18(2,3)19(4,5)26-20/h6,9-11,16H,1,7-8,12H2,2-5H3. The maximum absolute atomic E-state index is 12.2. The first-order chi connectivity index (χ1) is 12.1. The average molecular weight is 378 g/mol. The number of hydrogen-bond acceptors (Lipinski definition) is 4. The van der Waals surface area contributed by atoms with E-state index in [1.54, 1.807) is 4.90 Å². The van der Waals surface area contributed by atoms with E-state index in [-0.39, 0.29) is 11.9 Å². The van der Waals surface area contributed by atoms with Gasteiger partial charge in [0, 0.05) is 11.6 Å². The summed E-state index contributed by atoms with van der Waals surface area (Å²) in [5.74, 6) is -0.115. The summed E-state index contributed by atoms with van der Waals surface area (Å²) in [6.07, 6.45) is 1.33. The van der Waals surface area contributed by atoms with Crippen molar-refractivity contribution in [2.24, 2.45) is 0 Å². The summed E-state index contributed by atoms with van der Waals surface area (Å²) < 4.78 is 17.9. The number of ether oxygens (including phenoxy) is 1. The zero-order chi connectivity index (χ0) is 19.1. The number of nitrogens with zero attached hydrogens (tertiary/aromatic N) is 1. The van der Waals surface area contributed by atoms with E-state index in [9.17, 15) is 4.79 Å². The molecule has 2 heterocycles. The number of carbonyl (C=O) groups excluding carboxylic acids is 1. The van der Waals surface area contributed by atoms with E-state index in [4.69, 9.17) is 25.6 Å². The van der Waals surface area contributed by atoms with Gasteiger partial charge in [0.2, 0.25) is 5.91 Å². The molecule has 2 aliphatic rings. The number of carbonyl (C=O) groups is 1. The molecule has 0 bridgehead atoms. The molecule has 0 N–H and O–H groups in total. The van der Waals surface area contributed by atoms with E-state index < -0.39 is 18.3 Å². The molecule has 0 radical (unpaired) electrons. The van der Waals surface area contributed by atoms with Crippen LogP contribution in [0, 0.1) is 0 Å². The van der Waals surface area contributed by atoms with Crippen LogP contribution in [-0.4, -0.2) is 48.9 Å². The minimum atomic E-state index is -0.509. The number of halogens is 1. The summed E-state index contributed by atoms with van der Waals surface area (Å²) in [6, 6.07) is 5.47. The molecule has 3 rings (SSSR count). The van der Waals surface area contributed by atoms with Crippen LogP contribution in [0.2, 0.25) is 5.02 Å². The summed E-state index contributed by atoms with van der Waals surface area (Å²) >= 11 is 6.38. The molecular weight excluding hydrogens is 352 g/mol. The van der Waals surface area contributed by atoms with Crippen LogP contribution in [0.3, 0.4) is 0 Å². The monoisotopic (exact) mass is 377 g/mol. The van der Waals surface area contributed by atoms with Crippen molar-refractivity contribution < 1.29 is 18.8 Å². The van der Waals surface area contributed by atoms with Gasteiger partial charge >= 0.3 is 7.12 Å². The molecule has 0 spiro atoms. The minimum absolute atomic E-state index is 0.115. The van der Waals surface area contributed by atoms with Crippen LogP contribution in [0.15, 0.2) is 30.9 Å². The average Bonchev–Trinajstić information content (AvgIpc) is 2.81. The number of amides is 1. The van der Waals surface area contributed by atoms with Gasteiger partial charge in [-0.3, -0.25) is 4.79 Å². The van der Waals surface area contributed by atoms with Crippen LogP contribution in [0.25, 0.3) is 0 Å². The second-order valence-electron chi connectivity index (χ2n) is 7.73. The quantitative estimate of drug-likeness (QED) is 0.600. The van der Waals surface area contributed by atoms with Crippen molar-refractivity contribution in [3.8, 4) is 0 Å². The van der Waals surface area contributed by atoms with Crippen molar-refractivity contribution in [1.82, 2.24) is 4.90 Å². The SMILES string of the molecule is C=CC(=O)N1CCOCC1c1cc(Cl)cc(B2OC(C)(C)C(C)(C)O2)c1. The normalized spacial score (nSPS) is 24.6. The van der Waals surface area contributed by atoms with E-state index in [1.807, 2.05) is 45.9 Å². The van der Waals surface area contributed by atoms with Crippen molar-refractivity contribution in [3.63, 3.8) is 0 Å². The Hall–Kier alpha value is -1.34. The Morgan fingerprint density at radius 3 is 2.54 bits per heavy atom. The van der Waals surface area contributed by atoms with Gasteiger partial charge in [0.1, 0.15) is 0 Å². The van der Waals surface area contributed by atoms with Crippen LogP contribution in [0.5, 0.6) is 0 Å². The summed E-state index contributed by atoms with van der Waals surface area (Å²) in [5, 5.41) is 0.573. The number of morpholine rings is 1. The Morgan fingerprint density at radius 1 is 1.27 bits per heavy atom. The third kappa shape index (κ3) is 3.56. The third-order valence-corrected chi connectivity index (χ3v) is 5.66. The third-order valence-electron chi connectivity index (χ3n) is 5.44. The summed E-state index contributed by atoms with van der Waals surface area (Å²) in [7, 11) is -0.509. The molecule has 26 heavy (non-hydrogen) atoms. The molecule has 1 unspecified atom stereocenters. The molecule has 140 valence electrons. The lowest BCUT2D eigenvalue weighted by molar-refractivity contribution is -0.134. The molecule has 1 aromatic rings. The van der Waals surface area contributed by atoms with Gasteiger partial charge in [0.05, 0.1) is 30.5 Å². The van der Waals surface area contributed by atoms with E-state index in [0.29, 0.717) is 24.8 Å². The first-order valence-electron chi connectivity index (χ1n) is 8.81. The second kappa shape index (κ2) is 7.00. The number of rotatable bonds is 3. The summed E-state index contributed by atoms with van der Waals surface area (Å²) in [4.78, 5) is 14.0. The topological polar surface area (TPSA) is 48.0 Å². The smallest absolute Gasteiger partial charge is 0.399 e. The predicted molar refractivity (Wildman–Crippen MR) is 103 cm³/mol. The van der Waals surface area contributed by atoms with Crippen LogP contribution >= 0.6 is 11.6 Å². The molecule has 1 amide bonds. The first kappa shape index (κ1) is 19.4. The fourth-order valence-electron chi connectivity index (χ4n) is 3.20. The Labute approximate surface area is 160 Å². The molecule has 0 aromatic heterocycles. The zero-order valence-corrected chi connectivity index (χ0v) is 16.5. The summed E-state index contributed by atoms with van der Waals surface area (Å²) in [6.45, 7) is 13.1. The van der Waals surface area contributed by atoms with Gasteiger partial charge in [-0.15, -0.1) is 0 Å². The van der Waals surface area contributed by atoms with Crippen molar-refractivity contribution in [2.45, 2.75) is 44.9 Å². The Kier molecular flexibility index (Phi) is 5.23. The van der Waals surface area contributed by atoms with Crippen molar-refractivity contribution >= 4 is 30.1 Å². The molecular formula is C19H25BClNO4. The molecule has 7 heteroatoms. The van der Waals surface area contributed by atoms with Gasteiger partial charge in [-0.05, 0) is 56.9 Å². The molecule has 1 aromatic carbocycles. The molecule has 2 aliphatic heterocycles. The lowest BCUT2D eigenvalue weighted by Crippen LogP contribution is -2.43. The lowest BCUT2D eigenvalue weighted by Gasteiger charge is -2.35. The fourth-order valence-corrected chi connectivity index (χ4v) is 3.46. The molecule has 0 saturated carbocycles. The predicted octanol–water partition coefficient (Wildman–Crippen LogP) is 2.73. The van der Waals surface area contributed by atoms with Gasteiger partial charge in [-0.2, -0.15) is 0 Å². The van der Waals surface area contributed by atoms with Gasteiger partial charge in [-0.1, -0.05) is 24.2 Å². The highest BCUT2D eigenvalue weighted by Gasteiger charge is 2.51. The highest BCUT2D eigenvalue weighted by molar-refractivity contribution is 6.62. The Balaban J connectivity index is 1.93. The van der Waals surface area contributed by atoms with Gasteiger partial charge in [-0.25, -0.2) is 0 Å². The molecule has 1 atom stereocenters. The zero-order valence-electron chi connectivity index (χ0n) is 15.8. The minimum Gasteiger partial charge on any atom is -0.399 e. The first-order valence-corrected chi connectivity index (χ1v) is 9.19.